The molecule has 2 aliphatic rings. The third-order valence-electron chi connectivity index (χ3n) is 12.3. The maximum Gasteiger partial charge on any atom is 0.255 e. The van der Waals surface area contributed by atoms with Gasteiger partial charge in [-0.15, -0.1) is 0 Å². The van der Waals surface area contributed by atoms with Gasteiger partial charge in [0.15, 0.2) is 0 Å². The van der Waals surface area contributed by atoms with Crippen molar-refractivity contribution in [3.63, 3.8) is 0 Å². The number of hydrogen-bond donors (Lipinski definition) is 5. The number of nitrogens with two attached hydrogens (primary N) is 1. The minimum atomic E-state index is -0.546. The normalized spacial score (nSPS) is 16.1. The highest BCUT2D eigenvalue weighted by molar-refractivity contribution is 5.97. The van der Waals surface area contributed by atoms with Gasteiger partial charge in [-0.25, -0.2) is 14.4 Å². The average molecular weight is 961 g/mol. The summed E-state index contributed by atoms with van der Waals surface area (Å²) >= 11 is 0. The smallest absolute Gasteiger partial charge is 0.255 e. The Bertz CT molecular complexity index is 2760. The molecule has 1 unspecified atom stereocenters. The van der Waals surface area contributed by atoms with Crippen LogP contribution in [-0.4, -0.2) is 122 Å². The molecule has 3 aromatic carbocycles. The van der Waals surface area contributed by atoms with Gasteiger partial charge in [0.1, 0.15) is 40.2 Å². The zero-order chi connectivity index (χ0) is 49.7. The molecular weight excluding hydrogens is 904 g/mol. The largest absolute Gasteiger partial charge is 0.496 e. The first-order valence-corrected chi connectivity index (χ1v) is 23.0. The molecule has 0 radical (unpaired) electrons. The van der Waals surface area contributed by atoms with Crippen LogP contribution in [0.4, 0.5) is 15.9 Å². The number of methoxy groups -OCH3 is 2. The number of aromatic nitrogens is 3. The van der Waals surface area contributed by atoms with E-state index in [0.29, 0.717) is 54.1 Å². The van der Waals surface area contributed by atoms with E-state index in [9.17, 15) is 33.2 Å². The van der Waals surface area contributed by atoms with E-state index in [1.807, 2.05) is 40.8 Å². The zero-order valence-corrected chi connectivity index (χ0v) is 39.3. The number of nitrogen functional groups attached to an aromatic ring is 1. The Morgan fingerprint density at radius 3 is 2.51 bits per heavy atom. The Morgan fingerprint density at radius 1 is 0.971 bits per heavy atom. The number of imidazole rings is 1. The van der Waals surface area contributed by atoms with Gasteiger partial charge in [0, 0.05) is 62.7 Å². The molecule has 1 aliphatic carbocycles. The van der Waals surface area contributed by atoms with Gasteiger partial charge in [-0.1, -0.05) is 30.3 Å². The maximum absolute atomic E-state index is 13.9. The van der Waals surface area contributed by atoms with Crippen molar-refractivity contribution in [2.45, 2.75) is 57.0 Å². The summed E-state index contributed by atoms with van der Waals surface area (Å²) in [6.45, 7) is 0.727. The van der Waals surface area contributed by atoms with Crippen molar-refractivity contribution < 1.29 is 47.4 Å². The van der Waals surface area contributed by atoms with Gasteiger partial charge in [-0.3, -0.25) is 33.2 Å². The minimum Gasteiger partial charge on any atom is -0.496 e. The molecule has 70 heavy (non-hydrogen) atoms. The first-order chi connectivity index (χ1) is 33.9. The first-order valence-electron chi connectivity index (χ1n) is 23.0. The highest BCUT2D eigenvalue weighted by Crippen LogP contribution is 2.39. The van der Waals surface area contributed by atoms with Crippen molar-refractivity contribution in [2.75, 3.05) is 71.3 Å². The second kappa shape index (κ2) is 23.4. The highest BCUT2D eigenvalue weighted by Gasteiger charge is 2.33. The van der Waals surface area contributed by atoms with Crippen LogP contribution in [-0.2, 0) is 30.5 Å². The highest BCUT2D eigenvalue weighted by atomic mass is 19.1. The lowest BCUT2D eigenvalue weighted by Crippen LogP contribution is -2.44. The van der Waals surface area contributed by atoms with Crippen LogP contribution < -0.4 is 41.4 Å². The molecule has 1 aliphatic heterocycles. The van der Waals surface area contributed by atoms with Crippen LogP contribution in [0, 0.1) is 5.82 Å². The number of ether oxygens (including phenoxy) is 3. The van der Waals surface area contributed by atoms with Crippen LogP contribution in [0.25, 0.3) is 22.9 Å². The van der Waals surface area contributed by atoms with Gasteiger partial charge < -0.3 is 51.0 Å². The Kier molecular flexibility index (Phi) is 16.7. The summed E-state index contributed by atoms with van der Waals surface area (Å²) in [6.07, 6.45) is 8.70. The van der Waals surface area contributed by atoms with Crippen molar-refractivity contribution in [2.24, 2.45) is 0 Å². The summed E-state index contributed by atoms with van der Waals surface area (Å²) in [4.78, 5) is 89.1. The number of rotatable bonds is 18. The molecule has 2 bridgehead atoms. The monoisotopic (exact) mass is 960 g/mol. The third-order valence-corrected chi connectivity index (χ3v) is 12.3. The van der Waals surface area contributed by atoms with Crippen LogP contribution >= 0.6 is 0 Å². The number of amides is 6. The van der Waals surface area contributed by atoms with Crippen LogP contribution in [0.5, 0.6) is 11.5 Å². The molecule has 3 heterocycles. The second-order valence-electron chi connectivity index (χ2n) is 16.8. The van der Waals surface area contributed by atoms with Gasteiger partial charge in [0.2, 0.25) is 24.1 Å². The molecule has 19 nitrogen and oxygen atoms in total. The lowest BCUT2D eigenvalue weighted by atomic mass is 10.1. The topological polar surface area (TPSA) is 241 Å². The number of benzene rings is 3. The molecule has 6 N–H and O–H groups in total. The van der Waals surface area contributed by atoms with Crippen LogP contribution in [0.3, 0.4) is 0 Å². The van der Waals surface area contributed by atoms with Crippen LogP contribution in [0.1, 0.15) is 82.2 Å². The molecule has 7 rings (SSSR count). The Balaban J connectivity index is 0.970. The molecule has 6 amide bonds. The molecule has 1 fully saturated rings. The molecule has 2 atom stereocenters. The summed E-state index contributed by atoms with van der Waals surface area (Å²) < 4.78 is 32.3. The summed E-state index contributed by atoms with van der Waals surface area (Å²) in [7, 11) is 4.36. The second-order valence-corrected chi connectivity index (χ2v) is 16.8. The van der Waals surface area contributed by atoms with E-state index in [2.05, 4.69) is 26.3 Å². The number of nitrogens with one attached hydrogen (secondary N) is 4. The number of carbonyl (C=O) groups is 6. The van der Waals surface area contributed by atoms with E-state index in [-0.39, 0.29) is 105 Å². The van der Waals surface area contributed by atoms with Gasteiger partial charge in [-0.2, -0.15) is 0 Å². The molecule has 2 aromatic heterocycles. The molecule has 368 valence electrons. The number of nitrogens with zero attached hydrogens (tertiary/aromatic N) is 5. The summed E-state index contributed by atoms with van der Waals surface area (Å²) in [5, 5.41) is 11.3. The standard InChI is InChI=1S/C50H57FN10O9/c1-53-42(63)17-21-60(30-62)39-25-34(12-15-41(39)69-3)49(66)54-19-23-70-22-18-44(65)59-20-5-4-6-37-28-55-47(52)46-45(58-48(61(37)46)33-11-14-36(24-33)57-43(64)29-59)32-9-7-31(8-10-32)27-56-50(67)38-26-35(51)13-16-40(38)68-2/h4,6-10,12-13,15-16,25-26,28,30,33,36H,5,11,14,17-24,27,29H2,1-3H3,(H2,52,55)(H,53,63)(H,54,66)(H,56,67)(H,57,64)/b6-4+/t33-,36?/m1/s1. The number of halogens is 1. The van der Waals surface area contributed by atoms with E-state index in [4.69, 9.17) is 24.9 Å². The van der Waals surface area contributed by atoms with E-state index in [0.717, 1.165) is 35.1 Å². The summed E-state index contributed by atoms with van der Waals surface area (Å²) in [5.74, 6) is -0.508. The maximum atomic E-state index is 13.9. The number of fused-ring (bicyclic) bond motifs is 3. The third kappa shape index (κ3) is 12.0. The predicted molar refractivity (Wildman–Crippen MR) is 259 cm³/mol. The summed E-state index contributed by atoms with van der Waals surface area (Å²) in [6, 6.07) is 15.8. The first kappa shape index (κ1) is 50.0. The van der Waals surface area contributed by atoms with Crippen molar-refractivity contribution in [1.82, 2.24) is 40.5 Å². The van der Waals surface area contributed by atoms with Gasteiger partial charge in [0.25, 0.3) is 11.8 Å². The van der Waals surface area contributed by atoms with Gasteiger partial charge in [-0.05, 0) is 73.7 Å². The predicted octanol–water partition coefficient (Wildman–Crippen LogP) is 4.00. The van der Waals surface area contributed by atoms with Crippen molar-refractivity contribution in [3.05, 3.63) is 107 Å². The van der Waals surface area contributed by atoms with Gasteiger partial charge >= 0.3 is 0 Å². The zero-order valence-electron chi connectivity index (χ0n) is 39.3. The van der Waals surface area contributed by atoms with Crippen molar-refractivity contribution in [1.29, 1.82) is 0 Å². The van der Waals surface area contributed by atoms with Crippen molar-refractivity contribution in [3.8, 4) is 22.8 Å². The lowest BCUT2D eigenvalue weighted by molar-refractivity contribution is -0.137. The molecular formula is C50H57FN10O9. The minimum absolute atomic E-state index is 0.0132. The van der Waals surface area contributed by atoms with Crippen LogP contribution in [0.15, 0.2) is 72.9 Å². The van der Waals surface area contributed by atoms with E-state index < -0.39 is 17.6 Å². The van der Waals surface area contributed by atoms with E-state index >= 15 is 0 Å². The van der Waals surface area contributed by atoms with Crippen LogP contribution in [0.2, 0.25) is 0 Å². The lowest BCUT2D eigenvalue weighted by Gasteiger charge is -2.23. The number of carbonyl (C=O) groups excluding carboxylic acids is 6. The fourth-order valence-corrected chi connectivity index (χ4v) is 8.61. The SMILES string of the molecule is CNC(=O)CCN(C=O)c1cc(C(=O)NCCOCCC(=O)N2CC/C=C/c3cnc(N)c4c(-c5ccc(CNC(=O)c6cc(F)ccc6OC)cc5)nc(n34)[C@@H]3CCC(C3)NC(=O)C2)ccc1OC. The van der Waals surface area contributed by atoms with E-state index in [1.54, 1.807) is 18.3 Å². The Hall–Kier alpha value is -7.87. The molecule has 1 saturated carbocycles. The molecule has 20 heteroatoms. The fraction of sp³-hybridized carbons (Fsp3) is 0.360. The molecule has 0 saturated heterocycles. The van der Waals surface area contributed by atoms with E-state index in [1.165, 1.54) is 49.3 Å². The fourth-order valence-electron chi connectivity index (χ4n) is 8.61. The summed E-state index contributed by atoms with van der Waals surface area (Å²) in [5.41, 5.74) is 10.9. The number of hydrogen-bond acceptors (Lipinski definition) is 12. The quantitative estimate of drug-likeness (QED) is 0.0619. The number of anilines is 2. The Morgan fingerprint density at radius 2 is 1.76 bits per heavy atom. The molecule has 0 spiro atoms. The Labute approximate surface area is 403 Å². The van der Waals surface area contributed by atoms with Crippen molar-refractivity contribution >= 4 is 59.0 Å². The average Bonchev–Trinajstić information content (AvgIpc) is 4.01. The van der Waals surface area contributed by atoms with Gasteiger partial charge in [0.05, 0.1) is 63.5 Å². The molecule has 5 aromatic rings.